The van der Waals surface area contributed by atoms with E-state index < -0.39 is 10.0 Å². The van der Waals surface area contributed by atoms with Crippen LogP contribution in [-0.2, 0) is 10.0 Å². The molecule has 0 saturated heterocycles. The fraction of sp³-hybridized carbons (Fsp3) is 0.538. The molecule has 0 fully saturated rings. The van der Waals surface area contributed by atoms with Crippen LogP contribution in [0, 0.1) is 0 Å². The number of sulfonamides is 1. The molecule has 4 nitrogen and oxygen atoms in total. The van der Waals surface area contributed by atoms with Crippen LogP contribution < -0.4 is 4.72 Å². The van der Waals surface area contributed by atoms with Gasteiger partial charge in [-0.2, -0.15) is 0 Å². The Balaban J connectivity index is 2.79. The number of nitrogens with one attached hydrogen (secondary N) is 1. The molecule has 5 heteroatoms. The van der Waals surface area contributed by atoms with Gasteiger partial charge in [0.1, 0.15) is 0 Å². The van der Waals surface area contributed by atoms with E-state index in [1.165, 1.54) is 0 Å². The van der Waals surface area contributed by atoms with Crippen LogP contribution in [0.15, 0.2) is 30.3 Å². The Morgan fingerprint density at radius 1 is 1.28 bits per heavy atom. The first-order valence-corrected chi connectivity index (χ1v) is 7.90. The average molecular weight is 271 g/mol. The first-order chi connectivity index (χ1) is 8.59. The monoisotopic (exact) mass is 271 g/mol. The van der Waals surface area contributed by atoms with Crippen molar-refractivity contribution >= 4 is 10.0 Å². The molecule has 0 aliphatic carbocycles. The van der Waals surface area contributed by atoms with Gasteiger partial charge in [0, 0.05) is 12.6 Å². The zero-order valence-electron chi connectivity index (χ0n) is 10.7. The van der Waals surface area contributed by atoms with Crippen molar-refractivity contribution in [1.82, 2.24) is 4.72 Å². The van der Waals surface area contributed by atoms with Gasteiger partial charge < -0.3 is 5.11 Å². The van der Waals surface area contributed by atoms with E-state index in [9.17, 15) is 8.42 Å². The van der Waals surface area contributed by atoms with Crippen molar-refractivity contribution in [3.05, 3.63) is 35.9 Å². The topological polar surface area (TPSA) is 66.4 Å². The average Bonchev–Trinajstić information content (AvgIpc) is 2.35. The van der Waals surface area contributed by atoms with Gasteiger partial charge in [-0.05, 0) is 24.8 Å². The Hall–Kier alpha value is -0.910. The lowest BCUT2D eigenvalue weighted by Gasteiger charge is -2.18. The molecule has 2 N–H and O–H groups in total. The Bertz CT molecular complexity index is 431. The van der Waals surface area contributed by atoms with Gasteiger partial charge in [0.2, 0.25) is 10.0 Å². The molecule has 18 heavy (non-hydrogen) atoms. The quantitative estimate of drug-likeness (QED) is 0.758. The van der Waals surface area contributed by atoms with Gasteiger partial charge in [0.05, 0.1) is 5.75 Å². The van der Waals surface area contributed by atoms with E-state index in [0.717, 1.165) is 5.56 Å². The second kappa shape index (κ2) is 7.51. The summed E-state index contributed by atoms with van der Waals surface area (Å²) in [7, 11) is -3.24. The first kappa shape index (κ1) is 15.1. The standard InChI is InChI=1S/C13H21NO3S/c1-2-11-18(16,17)14-13(9-6-10-15)12-7-4-3-5-8-12/h3-5,7-8,13-15H,2,6,9-11H2,1H3. The van der Waals surface area contributed by atoms with Gasteiger partial charge >= 0.3 is 0 Å². The van der Waals surface area contributed by atoms with Crippen LogP contribution in [0.1, 0.15) is 37.8 Å². The molecule has 1 unspecified atom stereocenters. The number of hydrogen-bond acceptors (Lipinski definition) is 3. The fourth-order valence-electron chi connectivity index (χ4n) is 1.82. The molecule has 1 rings (SSSR count). The van der Waals surface area contributed by atoms with Gasteiger partial charge in [0.15, 0.2) is 0 Å². The van der Waals surface area contributed by atoms with Gasteiger partial charge in [-0.1, -0.05) is 37.3 Å². The number of aliphatic hydroxyl groups excluding tert-OH is 1. The summed E-state index contributed by atoms with van der Waals surface area (Å²) in [6.45, 7) is 1.91. The molecule has 0 saturated carbocycles. The molecule has 0 bridgehead atoms. The minimum Gasteiger partial charge on any atom is -0.396 e. The number of benzene rings is 1. The fourth-order valence-corrected chi connectivity index (χ4v) is 3.16. The molecule has 1 atom stereocenters. The predicted molar refractivity (Wildman–Crippen MR) is 72.7 cm³/mol. The minimum atomic E-state index is -3.24. The van der Waals surface area contributed by atoms with Gasteiger partial charge in [-0.15, -0.1) is 0 Å². The SMILES string of the molecule is CCCS(=O)(=O)NC(CCCO)c1ccccc1. The van der Waals surface area contributed by atoms with Crippen molar-refractivity contribution < 1.29 is 13.5 Å². The molecule has 0 aromatic heterocycles. The summed E-state index contributed by atoms with van der Waals surface area (Å²) in [5.41, 5.74) is 0.936. The summed E-state index contributed by atoms with van der Waals surface area (Å²) in [6.07, 6.45) is 1.77. The van der Waals surface area contributed by atoms with E-state index in [4.69, 9.17) is 5.11 Å². The maximum Gasteiger partial charge on any atom is 0.212 e. The normalized spacial score (nSPS) is 13.4. The van der Waals surface area contributed by atoms with Crippen molar-refractivity contribution in [1.29, 1.82) is 0 Å². The van der Waals surface area contributed by atoms with E-state index in [0.29, 0.717) is 19.3 Å². The third-order valence-electron chi connectivity index (χ3n) is 2.65. The van der Waals surface area contributed by atoms with Crippen molar-refractivity contribution in [3.63, 3.8) is 0 Å². The third-order valence-corrected chi connectivity index (χ3v) is 4.24. The van der Waals surface area contributed by atoms with E-state index >= 15 is 0 Å². The minimum absolute atomic E-state index is 0.0683. The maximum atomic E-state index is 11.8. The summed E-state index contributed by atoms with van der Waals surface area (Å²) in [5.74, 6) is 0.134. The third kappa shape index (κ3) is 5.16. The molecule has 0 amide bonds. The van der Waals surface area contributed by atoms with Crippen LogP contribution in [0.2, 0.25) is 0 Å². The van der Waals surface area contributed by atoms with Crippen molar-refractivity contribution in [2.24, 2.45) is 0 Å². The number of hydrogen-bond donors (Lipinski definition) is 2. The van der Waals surface area contributed by atoms with Gasteiger partial charge in [0.25, 0.3) is 0 Å². The van der Waals surface area contributed by atoms with Crippen molar-refractivity contribution in [2.75, 3.05) is 12.4 Å². The van der Waals surface area contributed by atoms with Crippen LogP contribution in [0.3, 0.4) is 0 Å². The summed E-state index contributed by atoms with van der Waals surface area (Å²) in [5, 5.41) is 8.89. The number of rotatable bonds is 8. The zero-order chi connectivity index (χ0) is 13.4. The first-order valence-electron chi connectivity index (χ1n) is 6.25. The van der Waals surface area contributed by atoms with Gasteiger partial charge in [-0.3, -0.25) is 0 Å². The lowest BCUT2D eigenvalue weighted by Crippen LogP contribution is -2.30. The van der Waals surface area contributed by atoms with Crippen LogP contribution in [-0.4, -0.2) is 25.9 Å². The van der Waals surface area contributed by atoms with Crippen molar-refractivity contribution in [2.45, 2.75) is 32.2 Å². The highest BCUT2D eigenvalue weighted by Crippen LogP contribution is 2.19. The predicted octanol–water partition coefficient (Wildman–Crippen LogP) is 1.83. The Kier molecular flexibility index (Phi) is 6.32. The molecule has 0 radical (unpaired) electrons. The summed E-state index contributed by atoms with van der Waals surface area (Å²) < 4.78 is 26.3. The summed E-state index contributed by atoms with van der Waals surface area (Å²) >= 11 is 0. The Labute approximate surface area is 109 Å². The molecular weight excluding hydrogens is 250 g/mol. The highest BCUT2D eigenvalue weighted by molar-refractivity contribution is 7.89. The molecule has 102 valence electrons. The van der Waals surface area contributed by atoms with E-state index in [1.54, 1.807) is 0 Å². The largest absolute Gasteiger partial charge is 0.396 e. The summed E-state index contributed by atoms with van der Waals surface area (Å²) in [4.78, 5) is 0. The molecular formula is C13H21NO3S. The second-order valence-corrected chi connectivity index (χ2v) is 6.14. The van der Waals surface area contributed by atoms with E-state index in [2.05, 4.69) is 4.72 Å². The highest BCUT2D eigenvalue weighted by Gasteiger charge is 2.18. The molecule has 0 aliphatic heterocycles. The summed E-state index contributed by atoms with van der Waals surface area (Å²) in [6, 6.07) is 9.21. The number of aliphatic hydroxyl groups is 1. The highest BCUT2D eigenvalue weighted by atomic mass is 32.2. The zero-order valence-corrected chi connectivity index (χ0v) is 11.5. The van der Waals surface area contributed by atoms with Crippen LogP contribution in [0.4, 0.5) is 0 Å². The van der Waals surface area contributed by atoms with Crippen molar-refractivity contribution in [3.8, 4) is 0 Å². The molecule has 0 spiro atoms. The smallest absolute Gasteiger partial charge is 0.212 e. The van der Waals surface area contributed by atoms with E-state index in [-0.39, 0.29) is 18.4 Å². The second-order valence-electron chi connectivity index (χ2n) is 4.27. The van der Waals surface area contributed by atoms with Crippen LogP contribution >= 0.6 is 0 Å². The molecule has 0 aliphatic rings. The maximum absolute atomic E-state index is 11.8. The molecule has 1 aromatic rings. The lowest BCUT2D eigenvalue weighted by atomic mass is 10.0. The van der Waals surface area contributed by atoms with E-state index in [1.807, 2.05) is 37.3 Å². The van der Waals surface area contributed by atoms with Gasteiger partial charge in [-0.25, -0.2) is 13.1 Å². The van der Waals surface area contributed by atoms with Crippen LogP contribution in [0.25, 0.3) is 0 Å². The lowest BCUT2D eigenvalue weighted by molar-refractivity contribution is 0.278. The molecule has 1 aromatic carbocycles. The van der Waals surface area contributed by atoms with Crippen LogP contribution in [0.5, 0.6) is 0 Å². The Morgan fingerprint density at radius 3 is 2.50 bits per heavy atom. The molecule has 0 heterocycles. The Morgan fingerprint density at radius 2 is 1.94 bits per heavy atom.